The van der Waals surface area contributed by atoms with Gasteiger partial charge in [0.05, 0.1) is 18.4 Å². The molecule has 7 nitrogen and oxygen atoms in total. The standard InChI is InChI=1S/C12H12N2O4.H3N/c1-2-18-9-5-3-8(4-6-9)14-11(16)7-10(15)13-12(14)17;/h3-7,16H,2H2,1H3,(H,13,15,17);1H3. The van der Waals surface area contributed by atoms with Gasteiger partial charge in [0.25, 0.3) is 5.56 Å². The first-order chi connectivity index (χ1) is 8.61. The minimum atomic E-state index is -0.691. The molecule has 2 rings (SSSR count). The molecule has 0 bridgehead atoms. The monoisotopic (exact) mass is 265 g/mol. The highest BCUT2D eigenvalue weighted by Crippen LogP contribution is 2.16. The van der Waals surface area contributed by atoms with Crippen LogP contribution in [-0.2, 0) is 0 Å². The van der Waals surface area contributed by atoms with Gasteiger partial charge in [0, 0.05) is 0 Å². The van der Waals surface area contributed by atoms with Crippen LogP contribution in [0.25, 0.3) is 5.69 Å². The summed E-state index contributed by atoms with van der Waals surface area (Å²) in [5.74, 6) is 0.256. The second kappa shape index (κ2) is 5.87. The van der Waals surface area contributed by atoms with Gasteiger partial charge in [-0.05, 0) is 31.2 Å². The third-order valence-electron chi connectivity index (χ3n) is 2.33. The first kappa shape index (κ1) is 14.5. The molecule has 0 saturated carbocycles. The summed E-state index contributed by atoms with van der Waals surface area (Å²) in [6.07, 6.45) is 0. The maximum atomic E-state index is 11.6. The molecule has 0 atom stereocenters. The fraction of sp³-hybridized carbons (Fsp3) is 0.167. The fourth-order valence-electron chi connectivity index (χ4n) is 1.59. The third-order valence-corrected chi connectivity index (χ3v) is 2.33. The van der Waals surface area contributed by atoms with Crippen molar-refractivity contribution in [1.82, 2.24) is 15.7 Å². The van der Waals surface area contributed by atoms with Gasteiger partial charge >= 0.3 is 5.69 Å². The molecule has 7 heteroatoms. The number of nitrogens with zero attached hydrogens (tertiary/aromatic N) is 1. The second-order valence-electron chi connectivity index (χ2n) is 3.56. The van der Waals surface area contributed by atoms with E-state index in [0.717, 1.165) is 10.6 Å². The Hall–Kier alpha value is -2.54. The van der Waals surface area contributed by atoms with Gasteiger partial charge in [0.15, 0.2) is 0 Å². The summed E-state index contributed by atoms with van der Waals surface area (Å²) in [7, 11) is 0. The molecule has 1 aromatic carbocycles. The molecule has 19 heavy (non-hydrogen) atoms. The summed E-state index contributed by atoms with van der Waals surface area (Å²) in [6.45, 7) is 2.41. The Labute approximate surface area is 108 Å². The lowest BCUT2D eigenvalue weighted by Crippen LogP contribution is -2.27. The maximum Gasteiger partial charge on any atom is 0.335 e. The van der Waals surface area contributed by atoms with Crippen molar-refractivity contribution in [2.24, 2.45) is 0 Å². The minimum Gasteiger partial charge on any atom is -0.494 e. The number of rotatable bonds is 3. The van der Waals surface area contributed by atoms with E-state index >= 15 is 0 Å². The van der Waals surface area contributed by atoms with Crippen LogP contribution in [-0.4, -0.2) is 21.3 Å². The number of aromatic amines is 1. The summed E-state index contributed by atoms with van der Waals surface area (Å²) in [5.41, 5.74) is -0.888. The van der Waals surface area contributed by atoms with Crippen LogP contribution in [0.3, 0.4) is 0 Å². The van der Waals surface area contributed by atoms with Gasteiger partial charge in [0.1, 0.15) is 5.75 Å². The van der Waals surface area contributed by atoms with E-state index in [-0.39, 0.29) is 6.15 Å². The molecule has 0 aliphatic heterocycles. The quantitative estimate of drug-likeness (QED) is 0.758. The highest BCUT2D eigenvalue weighted by molar-refractivity contribution is 5.39. The molecule has 0 fully saturated rings. The van der Waals surface area contributed by atoms with Crippen LogP contribution in [0.5, 0.6) is 11.6 Å². The zero-order valence-electron chi connectivity index (χ0n) is 10.4. The first-order valence-electron chi connectivity index (χ1n) is 5.40. The molecule has 0 aliphatic carbocycles. The number of aromatic nitrogens is 2. The van der Waals surface area contributed by atoms with Gasteiger partial charge in [0.2, 0.25) is 5.88 Å². The van der Waals surface area contributed by atoms with Crippen LogP contribution in [0.2, 0.25) is 0 Å². The summed E-state index contributed by atoms with van der Waals surface area (Å²) in [4.78, 5) is 24.7. The normalized spacial score (nSPS) is 9.74. The van der Waals surface area contributed by atoms with Crippen LogP contribution >= 0.6 is 0 Å². The molecule has 0 spiro atoms. The summed E-state index contributed by atoms with van der Waals surface area (Å²) in [6, 6.07) is 7.53. The average Bonchev–Trinajstić information content (AvgIpc) is 2.30. The van der Waals surface area contributed by atoms with Gasteiger partial charge in [-0.2, -0.15) is 0 Å². The molecule has 0 saturated heterocycles. The van der Waals surface area contributed by atoms with Crippen molar-refractivity contribution in [3.8, 4) is 17.3 Å². The highest BCUT2D eigenvalue weighted by Gasteiger charge is 2.06. The summed E-state index contributed by atoms with van der Waals surface area (Å²) in [5, 5.41) is 9.61. The number of benzene rings is 1. The van der Waals surface area contributed by atoms with Crippen LogP contribution < -0.4 is 22.1 Å². The van der Waals surface area contributed by atoms with Crippen molar-refractivity contribution in [2.45, 2.75) is 6.92 Å². The largest absolute Gasteiger partial charge is 0.494 e. The topological polar surface area (TPSA) is 119 Å². The van der Waals surface area contributed by atoms with Gasteiger partial charge in [-0.1, -0.05) is 0 Å². The second-order valence-corrected chi connectivity index (χ2v) is 3.56. The van der Waals surface area contributed by atoms with Crippen molar-refractivity contribution in [3.05, 3.63) is 51.2 Å². The zero-order valence-corrected chi connectivity index (χ0v) is 10.4. The summed E-state index contributed by atoms with van der Waals surface area (Å²) >= 11 is 0. The van der Waals surface area contributed by atoms with E-state index in [0.29, 0.717) is 18.0 Å². The van der Waals surface area contributed by atoms with Crippen molar-refractivity contribution in [1.29, 1.82) is 0 Å². The molecule has 1 aromatic heterocycles. The predicted octanol–water partition coefficient (Wildman–Crippen LogP) is 0.792. The van der Waals surface area contributed by atoms with E-state index in [4.69, 9.17) is 4.74 Å². The van der Waals surface area contributed by atoms with Gasteiger partial charge in [-0.25, -0.2) is 9.36 Å². The van der Waals surface area contributed by atoms with E-state index in [1.807, 2.05) is 6.92 Å². The van der Waals surface area contributed by atoms with E-state index in [2.05, 4.69) is 4.98 Å². The van der Waals surface area contributed by atoms with Crippen molar-refractivity contribution in [2.75, 3.05) is 6.61 Å². The van der Waals surface area contributed by atoms with E-state index < -0.39 is 17.1 Å². The molecule has 0 unspecified atom stereocenters. The molecular weight excluding hydrogens is 250 g/mol. The molecule has 1 heterocycles. The van der Waals surface area contributed by atoms with Crippen LogP contribution in [0, 0.1) is 0 Å². The Balaban J connectivity index is 0.00000180. The third kappa shape index (κ3) is 3.02. The molecule has 5 N–H and O–H groups in total. The number of hydrogen-bond donors (Lipinski definition) is 3. The van der Waals surface area contributed by atoms with E-state index in [1.54, 1.807) is 24.3 Å². The van der Waals surface area contributed by atoms with Crippen molar-refractivity contribution >= 4 is 0 Å². The minimum absolute atomic E-state index is 0. The number of aromatic hydroxyl groups is 1. The Morgan fingerprint density at radius 1 is 1.26 bits per heavy atom. The smallest absolute Gasteiger partial charge is 0.335 e. The molecule has 0 radical (unpaired) electrons. The fourth-order valence-corrected chi connectivity index (χ4v) is 1.59. The Morgan fingerprint density at radius 3 is 2.42 bits per heavy atom. The lowest BCUT2D eigenvalue weighted by Gasteiger charge is -2.08. The molecule has 2 aromatic rings. The van der Waals surface area contributed by atoms with Gasteiger partial charge < -0.3 is 16.0 Å². The molecule has 0 aliphatic rings. The highest BCUT2D eigenvalue weighted by atomic mass is 16.5. The molecule has 0 amide bonds. The average molecular weight is 265 g/mol. The van der Waals surface area contributed by atoms with E-state index in [1.165, 1.54) is 0 Å². The number of nitrogens with one attached hydrogen (secondary N) is 1. The van der Waals surface area contributed by atoms with Crippen LogP contribution in [0.4, 0.5) is 0 Å². The number of hydrogen-bond acceptors (Lipinski definition) is 5. The molecule has 102 valence electrons. The van der Waals surface area contributed by atoms with Gasteiger partial charge in [-0.3, -0.25) is 9.78 Å². The predicted molar refractivity (Wildman–Crippen MR) is 70.5 cm³/mol. The van der Waals surface area contributed by atoms with Crippen molar-refractivity contribution in [3.63, 3.8) is 0 Å². The maximum absolute atomic E-state index is 11.6. The van der Waals surface area contributed by atoms with Crippen molar-refractivity contribution < 1.29 is 9.84 Å². The first-order valence-corrected chi connectivity index (χ1v) is 5.40. The Bertz CT molecular complexity index is 658. The number of H-pyrrole nitrogens is 1. The lowest BCUT2D eigenvalue weighted by atomic mass is 10.3. The zero-order chi connectivity index (χ0) is 13.1. The van der Waals surface area contributed by atoms with Crippen LogP contribution in [0.15, 0.2) is 39.9 Å². The summed E-state index contributed by atoms with van der Waals surface area (Å²) < 4.78 is 6.27. The van der Waals surface area contributed by atoms with Gasteiger partial charge in [-0.15, -0.1) is 0 Å². The molecular formula is C12H15N3O4. The Morgan fingerprint density at radius 2 is 1.89 bits per heavy atom. The SMILES string of the molecule is CCOc1ccc(-n2c(O)cc(=O)[nH]c2=O)cc1.N. The Kier molecular flexibility index (Phi) is 4.49. The lowest BCUT2D eigenvalue weighted by molar-refractivity contribution is 0.340. The van der Waals surface area contributed by atoms with E-state index in [9.17, 15) is 14.7 Å². The number of ether oxygens (including phenoxy) is 1. The van der Waals surface area contributed by atoms with Crippen LogP contribution in [0.1, 0.15) is 6.92 Å².